The van der Waals surface area contributed by atoms with Gasteiger partial charge in [-0.1, -0.05) is 19.9 Å². The van der Waals surface area contributed by atoms with Crippen LogP contribution in [0.4, 0.5) is 9.18 Å². The molecule has 0 spiro atoms. The van der Waals surface area contributed by atoms with Gasteiger partial charge in [0.05, 0.1) is 25.1 Å². The van der Waals surface area contributed by atoms with E-state index in [9.17, 15) is 23.9 Å². The smallest absolute Gasteiger partial charge is 0.410 e. The van der Waals surface area contributed by atoms with E-state index in [-0.39, 0.29) is 30.5 Å². The molecule has 2 saturated carbocycles. The van der Waals surface area contributed by atoms with Crippen LogP contribution in [0.5, 0.6) is 0 Å². The number of ether oxygens (including phenoxy) is 1. The number of hydrogen-bond donors (Lipinski definition) is 3. The van der Waals surface area contributed by atoms with Gasteiger partial charge in [0, 0.05) is 18.5 Å². The van der Waals surface area contributed by atoms with Crippen LogP contribution in [-0.4, -0.2) is 89.5 Å². The lowest BCUT2D eigenvalue weighted by Crippen LogP contribution is -2.50. The minimum absolute atomic E-state index is 0.00346. The van der Waals surface area contributed by atoms with Crippen LogP contribution >= 0.6 is 0 Å². The first-order chi connectivity index (χ1) is 16.2. The standard InChI is InChI=1S/C24H39FN4O5/c1-3-28(4-2)20-9-7-16(12-19(20)25)29-14-17(34-24(29)33)13-27-22(31)10-6-15-5-8-18(23(26)32)21(30)11-15/h6,10,15-21,30H,3-5,7-9,11-14H2,1-2H3,(H2,26,32)(H,27,31)/b10-6+/t15?,16?,17-,18?,19?,20?,21?/m0/s1. The Morgan fingerprint density at radius 2 is 1.97 bits per heavy atom. The molecular formula is C24H39FN4O5. The van der Waals surface area contributed by atoms with E-state index in [1.807, 2.05) is 13.8 Å². The molecule has 9 nitrogen and oxygen atoms in total. The molecule has 0 radical (unpaired) electrons. The number of cyclic esters (lactones) is 1. The molecule has 192 valence electrons. The summed E-state index contributed by atoms with van der Waals surface area (Å²) in [5.41, 5.74) is 5.29. The second-order valence-corrected chi connectivity index (χ2v) is 9.68. The summed E-state index contributed by atoms with van der Waals surface area (Å²) >= 11 is 0. The van der Waals surface area contributed by atoms with Gasteiger partial charge in [0.1, 0.15) is 12.3 Å². The molecule has 1 heterocycles. The molecule has 0 aromatic rings. The SMILES string of the molecule is CCN(CC)C1CCC(N2C[C@H](CNC(=O)/C=C/C3CCC(C(N)=O)C(O)C3)OC2=O)CC1F. The highest BCUT2D eigenvalue weighted by Crippen LogP contribution is 2.32. The third kappa shape index (κ3) is 6.47. The molecular weight excluding hydrogens is 443 g/mol. The lowest BCUT2D eigenvalue weighted by atomic mass is 9.79. The number of allylic oxidation sites excluding steroid dienone is 1. The number of carbonyl (C=O) groups excluding carboxylic acids is 3. The van der Waals surface area contributed by atoms with Gasteiger partial charge in [0.25, 0.3) is 0 Å². The zero-order valence-electron chi connectivity index (χ0n) is 20.2. The zero-order chi connectivity index (χ0) is 24.8. The van der Waals surface area contributed by atoms with Gasteiger partial charge in [0.15, 0.2) is 0 Å². The Bertz CT molecular complexity index is 762. The topological polar surface area (TPSA) is 125 Å². The second kappa shape index (κ2) is 12.0. The quantitative estimate of drug-likeness (QED) is 0.426. The van der Waals surface area contributed by atoms with Crippen molar-refractivity contribution >= 4 is 17.9 Å². The minimum atomic E-state index is -0.980. The number of carbonyl (C=O) groups is 3. The van der Waals surface area contributed by atoms with Gasteiger partial charge in [0.2, 0.25) is 11.8 Å². The van der Waals surface area contributed by atoms with Crippen molar-refractivity contribution in [2.75, 3.05) is 26.2 Å². The average molecular weight is 483 g/mol. The highest BCUT2D eigenvalue weighted by Gasteiger charge is 2.41. The highest BCUT2D eigenvalue weighted by atomic mass is 19.1. The Morgan fingerprint density at radius 1 is 1.24 bits per heavy atom. The molecule has 3 fully saturated rings. The number of primary amides is 1. The van der Waals surface area contributed by atoms with Crippen molar-refractivity contribution in [2.24, 2.45) is 17.6 Å². The number of halogens is 1. The molecule has 0 bridgehead atoms. The lowest BCUT2D eigenvalue weighted by molar-refractivity contribution is -0.127. The maximum atomic E-state index is 14.9. The fourth-order valence-corrected chi connectivity index (χ4v) is 5.59. The van der Waals surface area contributed by atoms with Crippen LogP contribution in [0.25, 0.3) is 0 Å². The van der Waals surface area contributed by atoms with Crippen molar-refractivity contribution in [3.05, 3.63) is 12.2 Å². The fourth-order valence-electron chi connectivity index (χ4n) is 5.59. The Labute approximate surface area is 200 Å². The number of amides is 3. The molecule has 6 unspecified atom stereocenters. The van der Waals surface area contributed by atoms with Gasteiger partial charge in [-0.3, -0.25) is 14.5 Å². The van der Waals surface area contributed by atoms with Gasteiger partial charge < -0.3 is 25.8 Å². The van der Waals surface area contributed by atoms with E-state index in [1.54, 1.807) is 11.0 Å². The first-order valence-electron chi connectivity index (χ1n) is 12.5. The summed E-state index contributed by atoms with van der Waals surface area (Å²) < 4.78 is 20.3. The maximum absolute atomic E-state index is 14.9. The monoisotopic (exact) mass is 482 g/mol. The maximum Gasteiger partial charge on any atom is 0.410 e. The van der Waals surface area contributed by atoms with Crippen molar-refractivity contribution in [3.63, 3.8) is 0 Å². The number of aliphatic hydroxyl groups is 1. The number of aliphatic hydroxyl groups excluding tert-OH is 1. The molecule has 3 aliphatic rings. The summed E-state index contributed by atoms with van der Waals surface area (Å²) in [6, 6.07) is -0.282. The molecule has 34 heavy (non-hydrogen) atoms. The van der Waals surface area contributed by atoms with Crippen molar-refractivity contribution < 1.29 is 28.6 Å². The highest BCUT2D eigenvalue weighted by molar-refractivity contribution is 5.87. The molecule has 2 aliphatic carbocycles. The third-order valence-corrected chi connectivity index (χ3v) is 7.58. The predicted octanol–water partition coefficient (Wildman–Crippen LogP) is 1.34. The Balaban J connectivity index is 1.41. The molecule has 0 aromatic heterocycles. The molecule has 1 saturated heterocycles. The number of alkyl halides is 1. The number of nitrogens with zero attached hydrogens (tertiary/aromatic N) is 2. The number of nitrogens with one attached hydrogen (secondary N) is 1. The van der Waals surface area contributed by atoms with Gasteiger partial charge in [-0.05, 0) is 57.2 Å². The van der Waals surface area contributed by atoms with Crippen LogP contribution in [0.2, 0.25) is 0 Å². The van der Waals surface area contributed by atoms with E-state index in [0.717, 1.165) is 19.5 Å². The van der Waals surface area contributed by atoms with Crippen molar-refractivity contribution in [2.45, 2.75) is 82.8 Å². The van der Waals surface area contributed by atoms with Gasteiger partial charge in [-0.2, -0.15) is 0 Å². The van der Waals surface area contributed by atoms with E-state index < -0.39 is 36.3 Å². The van der Waals surface area contributed by atoms with Crippen molar-refractivity contribution in [3.8, 4) is 0 Å². The van der Waals surface area contributed by atoms with Gasteiger partial charge >= 0.3 is 6.09 Å². The number of rotatable bonds is 9. The molecule has 3 amide bonds. The third-order valence-electron chi connectivity index (χ3n) is 7.58. The molecule has 10 heteroatoms. The van der Waals surface area contributed by atoms with Gasteiger partial charge in [-0.25, -0.2) is 9.18 Å². The number of hydrogen-bond acceptors (Lipinski definition) is 6. The summed E-state index contributed by atoms with van der Waals surface area (Å²) in [6.07, 6.45) is 3.77. The summed E-state index contributed by atoms with van der Waals surface area (Å²) in [4.78, 5) is 39.7. The van der Waals surface area contributed by atoms with Crippen molar-refractivity contribution in [1.82, 2.24) is 15.1 Å². The van der Waals surface area contributed by atoms with E-state index >= 15 is 0 Å². The Hall–Kier alpha value is -2.20. The Kier molecular flexibility index (Phi) is 9.30. The summed E-state index contributed by atoms with van der Waals surface area (Å²) in [6.45, 7) is 6.20. The molecule has 0 aromatic carbocycles. The molecule has 7 atom stereocenters. The van der Waals surface area contributed by atoms with E-state index in [4.69, 9.17) is 10.5 Å². The van der Waals surface area contributed by atoms with Crippen LogP contribution in [0.3, 0.4) is 0 Å². The van der Waals surface area contributed by atoms with E-state index in [1.165, 1.54) is 6.08 Å². The van der Waals surface area contributed by atoms with E-state index in [0.29, 0.717) is 38.6 Å². The predicted molar refractivity (Wildman–Crippen MR) is 124 cm³/mol. The summed E-state index contributed by atoms with van der Waals surface area (Å²) in [7, 11) is 0. The van der Waals surface area contributed by atoms with Crippen LogP contribution in [0, 0.1) is 11.8 Å². The average Bonchev–Trinajstić information content (AvgIpc) is 3.18. The molecule has 4 N–H and O–H groups in total. The summed E-state index contributed by atoms with van der Waals surface area (Å²) in [5, 5.41) is 12.8. The summed E-state index contributed by atoms with van der Waals surface area (Å²) in [5.74, 6) is -1.34. The van der Waals surface area contributed by atoms with Crippen LogP contribution in [0.1, 0.15) is 52.4 Å². The van der Waals surface area contributed by atoms with Crippen LogP contribution in [0.15, 0.2) is 12.2 Å². The van der Waals surface area contributed by atoms with Crippen LogP contribution in [-0.2, 0) is 14.3 Å². The second-order valence-electron chi connectivity index (χ2n) is 9.68. The van der Waals surface area contributed by atoms with Crippen LogP contribution < -0.4 is 11.1 Å². The number of nitrogens with two attached hydrogens (primary N) is 1. The largest absolute Gasteiger partial charge is 0.442 e. The zero-order valence-corrected chi connectivity index (χ0v) is 20.2. The van der Waals surface area contributed by atoms with Gasteiger partial charge in [-0.15, -0.1) is 0 Å². The molecule has 1 aliphatic heterocycles. The first-order valence-corrected chi connectivity index (χ1v) is 12.5. The van der Waals surface area contributed by atoms with E-state index in [2.05, 4.69) is 10.2 Å². The fraction of sp³-hybridized carbons (Fsp3) is 0.792. The molecule has 3 rings (SSSR count). The normalized spacial score (nSPS) is 34.4. The first kappa shape index (κ1) is 26.4. The van der Waals surface area contributed by atoms with Crippen molar-refractivity contribution in [1.29, 1.82) is 0 Å². The Morgan fingerprint density at radius 3 is 2.59 bits per heavy atom. The minimum Gasteiger partial charge on any atom is -0.442 e. The lowest BCUT2D eigenvalue weighted by Gasteiger charge is -2.40.